The number of fused-ring (bicyclic) bond motifs is 1. The lowest BCUT2D eigenvalue weighted by molar-refractivity contribution is -0.115. The number of amides is 1. The van der Waals surface area contributed by atoms with E-state index in [1.165, 1.54) is 23.5 Å². The van der Waals surface area contributed by atoms with Crippen LogP contribution >= 0.6 is 46.5 Å². The molecule has 0 saturated carbocycles. The number of nitrogens with one attached hydrogen (secondary N) is 1. The van der Waals surface area contributed by atoms with Crippen molar-refractivity contribution >= 4 is 79.5 Å². The van der Waals surface area contributed by atoms with Gasteiger partial charge in [0.1, 0.15) is 5.76 Å². The number of aromatic nitrogens is 1. The van der Waals surface area contributed by atoms with Crippen LogP contribution in [-0.4, -0.2) is 16.1 Å². The van der Waals surface area contributed by atoms with Crippen LogP contribution in [0.15, 0.2) is 78.3 Å². The van der Waals surface area contributed by atoms with Gasteiger partial charge in [0.25, 0.3) is 5.91 Å². The van der Waals surface area contributed by atoms with E-state index in [4.69, 9.17) is 16.0 Å². The Morgan fingerprint density at radius 2 is 2.06 bits per heavy atom. The zero-order valence-corrected chi connectivity index (χ0v) is 19.3. The number of aliphatic imine (C=N–C) groups is 1. The van der Waals surface area contributed by atoms with Crippen LogP contribution in [0.2, 0.25) is 5.02 Å². The molecule has 1 saturated heterocycles. The molecule has 2 aromatic carbocycles. The highest BCUT2D eigenvalue weighted by Gasteiger charge is 2.24. The highest BCUT2D eigenvalue weighted by atomic mass is 35.5. The standard InChI is InChI=1S/C22H14ClN3O2S3/c1-12-10-13(23)6-8-15(12)24-21-26-20(27)18(29-21)11-14-7-9-19(28-14)31-22-25-16-4-2-3-5-17(16)30-22/h2-11H,1H3,(H,24,26,27)/b18-11-. The van der Waals surface area contributed by atoms with Gasteiger partial charge in [0, 0.05) is 11.1 Å². The Morgan fingerprint density at radius 3 is 2.90 bits per heavy atom. The van der Waals surface area contributed by atoms with Gasteiger partial charge in [0.2, 0.25) is 0 Å². The van der Waals surface area contributed by atoms with Crippen molar-refractivity contribution in [2.45, 2.75) is 16.4 Å². The molecule has 0 radical (unpaired) electrons. The van der Waals surface area contributed by atoms with E-state index in [9.17, 15) is 4.79 Å². The van der Waals surface area contributed by atoms with Crippen LogP contribution in [0, 0.1) is 6.92 Å². The van der Waals surface area contributed by atoms with Crippen molar-refractivity contribution in [2.24, 2.45) is 4.99 Å². The molecule has 3 heterocycles. The minimum Gasteiger partial charge on any atom is -0.450 e. The van der Waals surface area contributed by atoms with Gasteiger partial charge in [-0.15, -0.1) is 11.3 Å². The Morgan fingerprint density at radius 1 is 1.19 bits per heavy atom. The van der Waals surface area contributed by atoms with E-state index >= 15 is 0 Å². The summed E-state index contributed by atoms with van der Waals surface area (Å²) in [6.45, 7) is 1.93. The predicted octanol–water partition coefficient (Wildman–Crippen LogP) is 6.89. The second kappa shape index (κ2) is 8.55. The molecule has 1 amide bonds. The van der Waals surface area contributed by atoms with Crippen LogP contribution in [0.25, 0.3) is 16.3 Å². The Bertz CT molecular complexity index is 1340. The zero-order chi connectivity index (χ0) is 21.4. The third-order valence-electron chi connectivity index (χ3n) is 4.37. The first-order valence-electron chi connectivity index (χ1n) is 9.22. The summed E-state index contributed by atoms with van der Waals surface area (Å²) >= 11 is 10.4. The van der Waals surface area contributed by atoms with E-state index in [1.54, 1.807) is 23.5 Å². The molecule has 1 aliphatic rings. The minimum absolute atomic E-state index is 0.202. The number of hydrogen-bond acceptors (Lipinski definition) is 7. The van der Waals surface area contributed by atoms with Gasteiger partial charge in [-0.25, -0.2) is 9.98 Å². The lowest BCUT2D eigenvalue weighted by atomic mass is 10.2. The quantitative estimate of drug-likeness (QED) is 0.320. The number of thiazole rings is 1. The number of aryl methyl sites for hydroxylation is 1. The normalized spacial score (nSPS) is 16.5. The number of thioether (sulfide) groups is 1. The van der Waals surface area contributed by atoms with E-state index in [0.29, 0.717) is 20.9 Å². The van der Waals surface area contributed by atoms with E-state index in [2.05, 4.69) is 21.4 Å². The summed E-state index contributed by atoms with van der Waals surface area (Å²) in [5.41, 5.74) is 2.68. The van der Waals surface area contributed by atoms with Gasteiger partial charge in [-0.3, -0.25) is 4.79 Å². The Balaban J connectivity index is 1.32. The molecule has 9 heteroatoms. The van der Waals surface area contributed by atoms with Gasteiger partial charge in [-0.2, -0.15) is 0 Å². The maximum Gasteiger partial charge on any atom is 0.264 e. The number of carbonyl (C=O) groups is 1. The summed E-state index contributed by atoms with van der Waals surface area (Å²) in [6.07, 6.45) is 1.72. The molecular weight excluding hydrogens is 470 g/mol. The summed E-state index contributed by atoms with van der Waals surface area (Å²) < 4.78 is 7.94. The molecule has 0 bridgehead atoms. The number of halogens is 1. The van der Waals surface area contributed by atoms with Crippen molar-refractivity contribution < 1.29 is 9.21 Å². The monoisotopic (exact) mass is 483 g/mol. The molecule has 0 spiro atoms. The predicted molar refractivity (Wildman–Crippen MR) is 129 cm³/mol. The van der Waals surface area contributed by atoms with Crippen molar-refractivity contribution in [2.75, 3.05) is 0 Å². The van der Waals surface area contributed by atoms with Gasteiger partial charge < -0.3 is 9.73 Å². The topological polar surface area (TPSA) is 67.5 Å². The lowest BCUT2D eigenvalue weighted by Crippen LogP contribution is -2.19. The largest absolute Gasteiger partial charge is 0.450 e. The first-order valence-corrected chi connectivity index (χ1v) is 12.1. The molecular formula is C22H14ClN3O2S3. The SMILES string of the molecule is Cc1cc(Cl)ccc1N=C1NC(=O)/C(=C/c2ccc(Sc3nc4ccccc4s3)o2)S1. The van der Waals surface area contributed by atoms with Crippen LogP contribution in [-0.2, 0) is 4.79 Å². The highest BCUT2D eigenvalue weighted by Crippen LogP contribution is 2.36. The number of rotatable bonds is 4. The summed E-state index contributed by atoms with van der Waals surface area (Å²) in [4.78, 5) is 22.0. The number of hydrogen-bond donors (Lipinski definition) is 1. The molecule has 2 aromatic heterocycles. The van der Waals surface area contributed by atoms with E-state index in [1.807, 2.05) is 49.4 Å². The second-order valence-electron chi connectivity index (χ2n) is 6.62. The van der Waals surface area contributed by atoms with Crippen molar-refractivity contribution in [3.05, 3.63) is 75.8 Å². The molecule has 0 atom stereocenters. The van der Waals surface area contributed by atoms with E-state index < -0.39 is 0 Å². The molecule has 31 heavy (non-hydrogen) atoms. The summed E-state index contributed by atoms with van der Waals surface area (Å²) in [6, 6.07) is 17.2. The molecule has 0 aliphatic carbocycles. The van der Waals surface area contributed by atoms with Gasteiger partial charge in [-0.1, -0.05) is 23.7 Å². The molecule has 5 rings (SSSR count). The second-order valence-corrected chi connectivity index (χ2v) is 10.4. The molecule has 0 unspecified atom stereocenters. The molecule has 1 aliphatic heterocycles. The van der Waals surface area contributed by atoms with Gasteiger partial charge in [0.15, 0.2) is 14.6 Å². The van der Waals surface area contributed by atoms with Gasteiger partial charge >= 0.3 is 0 Å². The van der Waals surface area contributed by atoms with Crippen molar-refractivity contribution in [3.8, 4) is 0 Å². The molecule has 1 fully saturated rings. The first-order chi connectivity index (χ1) is 15.0. The van der Waals surface area contributed by atoms with Crippen molar-refractivity contribution in [1.82, 2.24) is 10.3 Å². The fourth-order valence-electron chi connectivity index (χ4n) is 2.91. The van der Waals surface area contributed by atoms with Crippen LogP contribution in [0.1, 0.15) is 11.3 Å². The number of carbonyl (C=O) groups excluding carboxylic acids is 1. The third kappa shape index (κ3) is 4.57. The Hall–Kier alpha value is -2.52. The molecule has 5 nitrogen and oxygen atoms in total. The number of amidine groups is 1. The van der Waals surface area contributed by atoms with Crippen LogP contribution in [0.4, 0.5) is 5.69 Å². The molecule has 154 valence electrons. The fraction of sp³-hybridized carbons (Fsp3) is 0.0455. The number of furan rings is 1. The number of nitrogens with zero attached hydrogens (tertiary/aromatic N) is 2. The minimum atomic E-state index is -0.202. The number of para-hydroxylation sites is 1. The van der Waals surface area contributed by atoms with E-state index in [-0.39, 0.29) is 5.91 Å². The average Bonchev–Trinajstić information content (AvgIpc) is 3.43. The lowest BCUT2D eigenvalue weighted by Gasteiger charge is -2.01. The van der Waals surface area contributed by atoms with Crippen LogP contribution in [0.5, 0.6) is 0 Å². The zero-order valence-electron chi connectivity index (χ0n) is 16.1. The Kier molecular flexibility index (Phi) is 5.62. The summed E-state index contributed by atoms with van der Waals surface area (Å²) in [5, 5.41) is 4.70. The number of benzene rings is 2. The Labute approximate surface area is 195 Å². The van der Waals surface area contributed by atoms with E-state index in [0.717, 1.165) is 30.9 Å². The van der Waals surface area contributed by atoms with Gasteiger partial charge in [0.05, 0.1) is 20.8 Å². The smallest absolute Gasteiger partial charge is 0.264 e. The maximum absolute atomic E-state index is 12.4. The highest BCUT2D eigenvalue weighted by molar-refractivity contribution is 8.18. The summed E-state index contributed by atoms with van der Waals surface area (Å²) in [7, 11) is 0. The molecule has 1 N–H and O–H groups in total. The van der Waals surface area contributed by atoms with Gasteiger partial charge in [-0.05, 0) is 78.5 Å². The summed E-state index contributed by atoms with van der Waals surface area (Å²) in [5.74, 6) is 0.400. The van der Waals surface area contributed by atoms with Crippen LogP contribution in [0.3, 0.4) is 0 Å². The average molecular weight is 484 g/mol. The third-order valence-corrected chi connectivity index (χ3v) is 7.53. The van der Waals surface area contributed by atoms with Crippen molar-refractivity contribution in [1.29, 1.82) is 0 Å². The maximum atomic E-state index is 12.4. The fourth-order valence-corrected chi connectivity index (χ4v) is 5.92. The van der Waals surface area contributed by atoms with Crippen LogP contribution < -0.4 is 5.32 Å². The van der Waals surface area contributed by atoms with Crippen molar-refractivity contribution in [3.63, 3.8) is 0 Å². The molecule has 4 aromatic rings. The first kappa shape index (κ1) is 20.4.